The minimum Gasteiger partial charge on any atom is -0.478 e. The van der Waals surface area contributed by atoms with Gasteiger partial charge in [-0.15, -0.1) is 0 Å². The van der Waals surface area contributed by atoms with Gasteiger partial charge in [0.1, 0.15) is 5.82 Å². The van der Waals surface area contributed by atoms with Crippen molar-refractivity contribution in [1.82, 2.24) is 9.88 Å². The van der Waals surface area contributed by atoms with Gasteiger partial charge in [-0.25, -0.2) is 9.78 Å². The summed E-state index contributed by atoms with van der Waals surface area (Å²) in [5.41, 5.74) is 1.18. The summed E-state index contributed by atoms with van der Waals surface area (Å²) in [6.45, 7) is 7.02. The van der Waals surface area contributed by atoms with Crippen molar-refractivity contribution < 1.29 is 9.90 Å². The van der Waals surface area contributed by atoms with Crippen LogP contribution in [-0.2, 0) is 0 Å². The van der Waals surface area contributed by atoms with Crippen LogP contribution in [-0.4, -0.2) is 53.7 Å². The van der Waals surface area contributed by atoms with Gasteiger partial charge in [0.25, 0.3) is 0 Å². The predicted octanol–water partition coefficient (Wildman–Crippen LogP) is 1.62. The molecule has 1 saturated heterocycles. The summed E-state index contributed by atoms with van der Waals surface area (Å²) >= 11 is 0. The molecule has 5 nitrogen and oxygen atoms in total. The standard InChI is InChI=1S/C14H21N3O2/c1-4-12-9-17(6-5-16(12)3)13-10(2)7-11(8-15-13)14(18)19/h7-8,12H,4-6,9H2,1-3H3,(H,18,19). The van der Waals surface area contributed by atoms with Crippen LogP contribution < -0.4 is 4.90 Å². The number of hydrogen-bond acceptors (Lipinski definition) is 4. The Hall–Kier alpha value is -1.62. The second kappa shape index (κ2) is 5.57. The molecule has 1 atom stereocenters. The summed E-state index contributed by atoms with van der Waals surface area (Å²) in [5, 5.41) is 8.97. The van der Waals surface area contributed by atoms with E-state index in [0.29, 0.717) is 6.04 Å². The van der Waals surface area contributed by atoms with Crippen molar-refractivity contribution in [3.05, 3.63) is 23.4 Å². The molecule has 2 rings (SSSR count). The summed E-state index contributed by atoms with van der Waals surface area (Å²) in [6.07, 6.45) is 2.56. The number of aromatic nitrogens is 1. The van der Waals surface area contributed by atoms with Gasteiger partial charge in [-0.2, -0.15) is 0 Å². The topological polar surface area (TPSA) is 56.7 Å². The third-order valence-electron chi connectivity index (χ3n) is 3.85. The van der Waals surface area contributed by atoms with E-state index in [2.05, 4.69) is 28.8 Å². The number of aryl methyl sites for hydroxylation is 1. The maximum Gasteiger partial charge on any atom is 0.337 e. The fourth-order valence-corrected chi connectivity index (χ4v) is 2.59. The summed E-state index contributed by atoms with van der Waals surface area (Å²) in [5.74, 6) is -0.0106. The van der Waals surface area contributed by atoms with Gasteiger partial charge in [0.05, 0.1) is 5.56 Å². The zero-order valence-corrected chi connectivity index (χ0v) is 11.8. The van der Waals surface area contributed by atoms with Crippen LogP contribution >= 0.6 is 0 Å². The Balaban J connectivity index is 2.20. The van der Waals surface area contributed by atoms with Gasteiger partial charge < -0.3 is 10.0 Å². The van der Waals surface area contributed by atoms with E-state index in [1.54, 1.807) is 6.07 Å². The molecule has 1 aliphatic heterocycles. The van der Waals surface area contributed by atoms with E-state index >= 15 is 0 Å². The van der Waals surface area contributed by atoms with E-state index in [4.69, 9.17) is 5.11 Å². The third-order valence-corrected chi connectivity index (χ3v) is 3.85. The highest BCUT2D eigenvalue weighted by atomic mass is 16.4. The van der Waals surface area contributed by atoms with Crippen molar-refractivity contribution in [2.24, 2.45) is 0 Å². The molecule has 1 unspecified atom stereocenters. The minimum absolute atomic E-state index is 0.252. The van der Waals surface area contributed by atoms with Gasteiger partial charge >= 0.3 is 5.97 Å². The molecule has 5 heteroatoms. The van der Waals surface area contributed by atoms with Gasteiger partial charge in [0, 0.05) is 31.9 Å². The lowest BCUT2D eigenvalue weighted by Crippen LogP contribution is -2.51. The lowest BCUT2D eigenvalue weighted by atomic mass is 10.1. The van der Waals surface area contributed by atoms with Crippen LogP contribution in [0.1, 0.15) is 29.3 Å². The SMILES string of the molecule is CCC1CN(c2ncc(C(=O)O)cc2C)CCN1C. The molecule has 0 amide bonds. The normalized spacial score (nSPS) is 20.6. The van der Waals surface area contributed by atoms with Crippen molar-refractivity contribution in [3.8, 4) is 0 Å². The number of aromatic carboxylic acids is 1. The highest BCUT2D eigenvalue weighted by molar-refractivity contribution is 5.87. The molecular weight excluding hydrogens is 242 g/mol. The molecule has 1 aromatic heterocycles. The van der Waals surface area contributed by atoms with Gasteiger partial charge in [0.15, 0.2) is 0 Å². The van der Waals surface area contributed by atoms with E-state index in [0.717, 1.165) is 37.4 Å². The number of pyridine rings is 1. The largest absolute Gasteiger partial charge is 0.478 e. The highest BCUT2D eigenvalue weighted by Gasteiger charge is 2.24. The van der Waals surface area contributed by atoms with Gasteiger partial charge in [-0.05, 0) is 32.0 Å². The van der Waals surface area contributed by atoms with Crippen LogP contribution in [0, 0.1) is 6.92 Å². The Morgan fingerprint density at radius 2 is 2.26 bits per heavy atom. The molecule has 104 valence electrons. The van der Waals surface area contributed by atoms with Crippen LogP contribution in [0.3, 0.4) is 0 Å². The molecule has 0 aliphatic carbocycles. The molecule has 1 aromatic rings. The summed E-state index contributed by atoms with van der Waals surface area (Å²) < 4.78 is 0. The van der Waals surface area contributed by atoms with Crippen LogP contribution in [0.5, 0.6) is 0 Å². The molecule has 1 N–H and O–H groups in total. The molecule has 0 saturated carbocycles. The van der Waals surface area contributed by atoms with Gasteiger partial charge in [-0.3, -0.25) is 4.90 Å². The molecule has 0 bridgehead atoms. The molecule has 2 heterocycles. The number of hydrogen-bond donors (Lipinski definition) is 1. The molecule has 0 aromatic carbocycles. The number of anilines is 1. The van der Waals surface area contributed by atoms with Crippen LogP contribution in [0.4, 0.5) is 5.82 Å². The first-order chi connectivity index (χ1) is 9.02. The minimum atomic E-state index is -0.924. The molecule has 1 aliphatic rings. The van der Waals surface area contributed by atoms with Gasteiger partial charge in [-0.1, -0.05) is 6.92 Å². The fourth-order valence-electron chi connectivity index (χ4n) is 2.59. The number of carboxylic acids is 1. The number of carbonyl (C=O) groups is 1. The zero-order valence-electron chi connectivity index (χ0n) is 11.8. The van der Waals surface area contributed by atoms with E-state index < -0.39 is 5.97 Å². The average molecular weight is 263 g/mol. The molecular formula is C14H21N3O2. The first-order valence-electron chi connectivity index (χ1n) is 6.68. The molecule has 0 spiro atoms. The smallest absolute Gasteiger partial charge is 0.337 e. The third kappa shape index (κ3) is 2.87. The maximum absolute atomic E-state index is 10.9. The summed E-state index contributed by atoms with van der Waals surface area (Å²) in [6, 6.07) is 2.23. The number of nitrogens with zero attached hydrogens (tertiary/aromatic N) is 3. The Kier molecular flexibility index (Phi) is 4.04. The highest BCUT2D eigenvalue weighted by Crippen LogP contribution is 2.22. The van der Waals surface area contributed by atoms with Crippen molar-refractivity contribution in [2.75, 3.05) is 31.6 Å². The van der Waals surface area contributed by atoms with Crippen LogP contribution in [0.2, 0.25) is 0 Å². The van der Waals surface area contributed by atoms with Crippen molar-refractivity contribution in [1.29, 1.82) is 0 Å². The van der Waals surface area contributed by atoms with Crippen molar-refractivity contribution in [2.45, 2.75) is 26.3 Å². The lowest BCUT2D eigenvalue weighted by molar-refractivity contribution is 0.0696. The van der Waals surface area contributed by atoms with E-state index in [1.165, 1.54) is 6.20 Å². The second-order valence-electron chi connectivity index (χ2n) is 5.16. The number of likely N-dealkylation sites (N-methyl/N-ethyl adjacent to an activating group) is 1. The van der Waals surface area contributed by atoms with E-state index in [-0.39, 0.29) is 5.56 Å². The fraction of sp³-hybridized carbons (Fsp3) is 0.571. The second-order valence-corrected chi connectivity index (χ2v) is 5.16. The number of piperazine rings is 1. The monoisotopic (exact) mass is 263 g/mol. The Bertz CT molecular complexity index is 476. The maximum atomic E-state index is 10.9. The van der Waals surface area contributed by atoms with Gasteiger partial charge in [0.2, 0.25) is 0 Å². The number of rotatable bonds is 3. The quantitative estimate of drug-likeness (QED) is 0.898. The number of carboxylic acid groups (broad SMARTS) is 1. The molecule has 1 fully saturated rings. The molecule has 0 radical (unpaired) electrons. The van der Waals surface area contributed by atoms with E-state index in [1.807, 2.05) is 6.92 Å². The zero-order chi connectivity index (χ0) is 14.0. The predicted molar refractivity (Wildman–Crippen MR) is 74.9 cm³/mol. The Labute approximate surface area is 113 Å². The summed E-state index contributed by atoms with van der Waals surface area (Å²) in [7, 11) is 2.15. The van der Waals surface area contributed by atoms with Crippen LogP contribution in [0.15, 0.2) is 12.3 Å². The van der Waals surface area contributed by atoms with Crippen LogP contribution in [0.25, 0.3) is 0 Å². The first-order valence-corrected chi connectivity index (χ1v) is 6.68. The Morgan fingerprint density at radius 3 is 2.84 bits per heavy atom. The Morgan fingerprint density at radius 1 is 1.53 bits per heavy atom. The van der Waals surface area contributed by atoms with Crippen molar-refractivity contribution >= 4 is 11.8 Å². The first kappa shape index (κ1) is 13.8. The van der Waals surface area contributed by atoms with E-state index in [9.17, 15) is 4.79 Å². The lowest BCUT2D eigenvalue weighted by Gasteiger charge is -2.40. The molecule has 19 heavy (non-hydrogen) atoms. The van der Waals surface area contributed by atoms with Crippen molar-refractivity contribution in [3.63, 3.8) is 0 Å². The summed E-state index contributed by atoms with van der Waals surface area (Å²) in [4.78, 5) is 19.9. The average Bonchev–Trinajstić information content (AvgIpc) is 2.39.